The van der Waals surface area contributed by atoms with Crippen LogP contribution in [-0.4, -0.2) is 42.0 Å². The van der Waals surface area contributed by atoms with E-state index in [1.54, 1.807) is 0 Å². The SMILES string of the molecule is CC(C)[C@H](N)C(=O)N[C@@H]1CCCC[C@@H]1N(C)C(C)C. The van der Waals surface area contributed by atoms with E-state index in [0.29, 0.717) is 12.1 Å². The van der Waals surface area contributed by atoms with Crippen LogP contribution in [0.5, 0.6) is 0 Å². The first-order chi connectivity index (χ1) is 8.84. The quantitative estimate of drug-likeness (QED) is 0.799. The maximum Gasteiger partial charge on any atom is 0.237 e. The molecule has 112 valence electrons. The summed E-state index contributed by atoms with van der Waals surface area (Å²) < 4.78 is 0. The summed E-state index contributed by atoms with van der Waals surface area (Å²) in [4.78, 5) is 14.5. The molecule has 0 unspecified atom stereocenters. The molecular weight excluding hydrogens is 238 g/mol. The van der Waals surface area contributed by atoms with Crippen molar-refractivity contribution in [2.75, 3.05) is 7.05 Å². The van der Waals surface area contributed by atoms with Gasteiger partial charge < -0.3 is 11.1 Å². The third-order valence-electron chi connectivity index (χ3n) is 4.42. The maximum atomic E-state index is 12.1. The van der Waals surface area contributed by atoms with Crippen LogP contribution in [0.15, 0.2) is 0 Å². The molecule has 0 aromatic carbocycles. The van der Waals surface area contributed by atoms with Crippen LogP contribution < -0.4 is 11.1 Å². The minimum absolute atomic E-state index is 0.00376. The van der Waals surface area contributed by atoms with Crippen LogP contribution in [0.2, 0.25) is 0 Å². The molecule has 0 radical (unpaired) electrons. The van der Waals surface area contributed by atoms with Crippen molar-refractivity contribution in [2.45, 2.75) is 77.5 Å². The highest BCUT2D eigenvalue weighted by atomic mass is 16.2. The number of carbonyl (C=O) groups excluding carboxylic acids is 1. The molecule has 1 aliphatic rings. The van der Waals surface area contributed by atoms with Crippen molar-refractivity contribution in [3.8, 4) is 0 Å². The van der Waals surface area contributed by atoms with E-state index in [0.717, 1.165) is 12.8 Å². The van der Waals surface area contributed by atoms with Crippen molar-refractivity contribution < 1.29 is 4.79 Å². The fourth-order valence-electron chi connectivity index (χ4n) is 2.73. The summed E-state index contributed by atoms with van der Waals surface area (Å²) in [7, 11) is 2.15. The molecule has 1 rings (SSSR count). The second-order valence-electron chi connectivity index (χ2n) is 6.50. The van der Waals surface area contributed by atoms with E-state index < -0.39 is 6.04 Å². The van der Waals surface area contributed by atoms with Crippen LogP contribution in [-0.2, 0) is 4.79 Å². The van der Waals surface area contributed by atoms with Gasteiger partial charge in [-0.05, 0) is 39.7 Å². The zero-order valence-electron chi connectivity index (χ0n) is 13.1. The largest absolute Gasteiger partial charge is 0.350 e. The number of hydrogen-bond acceptors (Lipinski definition) is 3. The molecule has 0 spiro atoms. The molecule has 0 bridgehead atoms. The summed E-state index contributed by atoms with van der Waals surface area (Å²) in [5.41, 5.74) is 5.93. The molecule has 0 aromatic heterocycles. The van der Waals surface area contributed by atoms with E-state index in [1.807, 2.05) is 13.8 Å². The van der Waals surface area contributed by atoms with Gasteiger partial charge in [0.05, 0.1) is 6.04 Å². The van der Waals surface area contributed by atoms with Gasteiger partial charge in [-0.15, -0.1) is 0 Å². The average molecular weight is 269 g/mol. The number of nitrogens with two attached hydrogens (primary N) is 1. The molecule has 19 heavy (non-hydrogen) atoms. The van der Waals surface area contributed by atoms with Gasteiger partial charge in [-0.1, -0.05) is 26.7 Å². The van der Waals surface area contributed by atoms with Gasteiger partial charge >= 0.3 is 0 Å². The lowest BCUT2D eigenvalue weighted by atomic mass is 9.88. The molecular formula is C15H31N3O. The van der Waals surface area contributed by atoms with Crippen molar-refractivity contribution in [1.82, 2.24) is 10.2 Å². The number of amides is 1. The van der Waals surface area contributed by atoms with E-state index in [9.17, 15) is 4.79 Å². The van der Waals surface area contributed by atoms with Gasteiger partial charge in [0, 0.05) is 18.1 Å². The molecule has 3 atom stereocenters. The van der Waals surface area contributed by atoms with E-state index in [1.165, 1.54) is 12.8 Å². The van der Waals surface area contributed by atoms with Crippen molar-refractivity contribution in [3.63, 3.8) is 0 Å². The average Bonchev–Trinajstić information content (AvgIpc) is 2.37. The summed E-state index contributed by atoms with van der Waals surface area (Å²) in [5, 5.41) is 3.18. The Morgan fingerprint density at radius 3 is 2.32 bits per heavy atom. The lowest BCUT2D eigenvalue weighted by Crippen LogP contribution is -2.57. The van der Waals surface area contributed by atoms with Crippen LogP contribution in [0.1, 0.15) is 53.4 Å². The lowest BCUT2D eigenvalue weighted by molar-refractivity contribution is -0.124. The molecule has 1 amide bonds. The molecule has 4 nitrogen and oxygen atoms in total. The number of likely N-dealkylation sites (N-methyl/N-ethyl adjacent to an activating group) is 1. The van der Waals surface area contributed by atoms with Gasteiger partial charge in [-0.2, -0.15) is 0 Å². The van der Waals surface area contributed by atoms with Crippen LogP contribution in [0.4, 0.5) is 0 Å². The zero-order valence-corrected chi connectivity index (χ0v) is 13.1. The molecule has 3 N–H and O–H groups in total. The van der Waals surface area contributed by atoms with E-state index >= 15 is 0 Å². The van der Waals surface area contributed by atoms with E-state index in [4.69, 9.17) is 5.73 Å². The summed E-state index contributed by atoms with van der Waals surface area (Å²) in [5.74, 6) is 0.189. The van der Waals surface area contributed by atoms with Gasteiger partial charge in [0.25, 0.3) is 0 Å². The molecule has 1 saturated carbocycles. The monoisotopic (exact) mass is 269 g/mol. The van der Waals surface area contributed by atoms with Crippen molar-refractivity contribution in [1.29, 1.82) is 0 Å². The fraction of sp³-hybridized carbons (Fsp3) is 0.933. The summed E-state index contributed by atoms with van der Waals surface area (Å²) >= 11 is 0. The highest BCUT2D eigenvalue weighted by Crippen LogP contribution is 2.24. The van der Waals surface area contributed by atoms with E-state index in [2.05, 4.69) is 31.1 Å². The normalized spacial score (nSPS) is 25.9. The van der Waals surface area contributed by atoms with E-state index in [-0.39, 0.29) is 17.9 Å². The smallest absolute Gasteiger partial charge is 0.237 e. The van der Waals surface area contributed by atoms with Gasteiger partial charge in [0.1, 0.15) is 0 Å². The molecule has 0 aromatic rings. The van der Waals surface area contributed by atoms with Gasteiger partial charge in [-0.25, -0.2) is 0 Å². The van der Waals surface area contributed by atoms with Gasteiger partial charge in [0.15, 0.2) is 0 Å². The minimum Gasteiger partial charge on any atom is -0.350 e. The number of nitrogens with one attached hydrogen (secondary N) is 1. The summed E-state index contributed by atoms with van der Waals surface area (Å²) in [6, 6.07) is 0.795. The first-order valence-electron chi connectivity index (χ1n) is 7.62. The predicted octanol–water partition coefficient (Wildman–Crippen LogP) is 1.74. The standard InChI is InChI=1S/C15H31N3O/c1-10(2)14(16)15(19)17-12-8-6-7-9-13(12)18(5)11(3)4/h10-14H,6-9,16H2,1-5H3,(H,17,19)/t12-,13+,14+/m1/s1. The third kappa shape index (κ3) is 4.46. The third-order valence-corrected chi connectivity index (χ3v) is 4.42. The Balaban J connectivity index is 2.65. The fourth-order valence-corrected chi connectivity index (χ4v) is 2.73. The number of carbonyl (C=O) groups is 1. The predicted molar refractivity (Wildman–Crippen MR) is 79.9 cm³/mol. The van der Waals surface area contributed by atoms with Crippen LogP contribution >= 0.6 is 0 Å². The first-order valence-corrected chi connectivity index (χ1v) is 7.62. The van der Waals surface area contributed by atoms with Gasteiger partial charge in [-0.3, -0.25) is 9.69 Å². The Morgan fingerprint density at radius 1 is 1.21 bits per heavy atom. The highest BCUT2D eigenvalue weighted by Gasteiger charge is 2.31. The Kier molecular flexibility index (Phi) is 6.27. The molecule has 0 aliphatic heterocycles. The lowest BCUT2D eigenvalue weighted by Gasteiger charge is -2.40. The molecule has 0 saturated heterocycles. The summed E-state index contributed by atoms with van der Waals surface area (Å²) in [6.07, 6.45) is 4.68. The Hall–Kier alpha value is -0.610. The zero-order chi connectivity index (χ0) is 14.6. The number of rotatable bonds is 5. The number of nitrogens with zero attached hydrogens (tertiary/aromatic N) is 1. The molecule has 0 heterocycles. The van der Waals surface area contributed by atoms with Crippen LogP contribution in [0.25, 0.3) is 0 Å². The second-order valence-corrected chi connectivity index (χ2v) is 6.50. The molecule has 1 aliphatic carbocycles. The van der Waals surface area contributed by atoms with Crippen LogP contribution in [0.3, 0.4) is 0 Å². The number of hydrogen-bond donors (Lipinski definition) is 2. The van der Waals surface area contributed by atoms with Crippen molar-refractivity contribution in [2.24, 2.45) is 11.7 Å². The van der Waals surface area contributed by atoms with Crippen molar-refractivity contribution in [3.05, 3.63) is 0 Å². The Labute approximate surface area is 118 Å². The van der Waals surface area contributed by atoms with Gasteiger partial charge in [0.2, 0.25) is 5.91 Å². The Morgan fingerprint density at radius 2 is 1.79 bits per heavy atom. The Bertz CT molecular complexity index is 291. The first kappa shape index (κ1) is 16.4. The highest BCUT2D eigenvalue weighted by molar-refractivity contribution is 5.82. The maximum absolute atomic E-state index is 12.1. The molecule has 4 heteroatoms. The second kappa shape index (κ2) is 7.25. The molecule has 1 fully saturated rings. The van der Waals surface area contributed by atoms with Crippen LogP contribution in [0, 0.1) is 5.92 Å². The minimum atomic E-state index is -0.396. The summed E-state index contributed by atoms with van der Waals surface area (Å²) in [6.45, 7) is 8.38. The topological polar surface area (TPSA) is 58.4 Å². The van der Waals surface area contributed by atoms with Crippen molar-refractivity contribution >= 4 is 5.91 Å².